The number of aromatic nitrogens is 4. The van der Waals surface area contributed by atoms with E-state index in [1.165, 1.54) is 33.4 Å². The van der Waals surface area contributed by atoms with Gasteiger partial charge in [0.2, 0.25) is 0 Å². The molecule has 0 aliphatic heterocycles. The average molecular weight is 477 g/mol. The van der Waals surface area contributed by atoms with Crippen LogP contribution in [0.1, 0.15) is 63.5 Å². The second-order valence-electron chi connectivity index (χ2n) is 11.0. The number of rotatable bonds is 2. The summed E-state index contributed by atoms with van der Waals surface area (Å²) in [5.41, 5.74) is 12.7. The molecule has 176 valence electrons. The lowest BCUT2D eigenvalue weighted by Crippen LogP contribution is -2.42. The Bertz CT molecular complexity index is 1520. The zero-order chi connectivity index (χ0) is 24.1. The Hall–Kier alpha value is -4.18. The molecule has 0 spiro atoms. The minimum atomic E-state index is 0.425. The highest BCUT2D eigenvalue weighted by Crippen LogP contribution is 2.74. The molecule has 0 saturated heterocycles. The molecule has 0 amide bonds. The molecule has 5 aliphatic rings. The van der Waals surface area contributed by atoms with E-state index >= 15 is 0 Å². The Labute approximate surface area is 215 Å². The van der Waals surface area contributed by atoms with Gasteiger partial charge in [-0.15, -0.1) is 10.2 Å². The second kappa shape index (κ2) is 7.19. The maximum atomic E-state index is 4.85. The van der Waals surface area contributed by atoms with E-state index in [1.807, 2.05) is 36.7 Å². The molecule has 4 bridgehead atoms. The van der Waals surface area contributed by atoms with Crippen molar-refractivity contribution in [3.63, 3.8) is 0 Å². The zero-order valence-electron chi connectivity index (χ0n) is 20.2. The predicted molar refractivity (Wildman–Crippen MR) is 142 cm³/mol. The molecule has 3 heterocycles. The molecule has 4 nitrogen and oxygen atoms in total. The van der Waals surface area contributed by atoms with Gasteiger partial charge in [-0.1, -0.05) is 60.7 Å². The van der Waals surface area contributed by atoms with Crippen LogP contribution in [0.3, 0.4) is 0 Å². The van der Waals surface area contributed by atoms with Crippen LogP contribution in [0.4, 0.5) is 0 Å². The number of pyridine rings is 2. The van der Waals surface area contributed by atoms with Gasteiger partial charge in [-0.3, -0.25) is 9.97 Å². The van der Waals surface area contributed by atoms with Crippen LogP contribution in [0.5, 0.6) is 0 Å². The molecule has 2 aromatic carbocycles. The van der Waals surface area contributed by atoms with Crippen LogP contribution >= 0.6 is 0 Å². The van der Waals surface area contributed by atoms with Crippen LogP contribution in [-0.2, 0) is 0 Å². The Morgan fingerprint density at radius 3 is 1.27 bits per heavy atom. The van der Waals surface area contributed by atoms with Gasteiger partial charge < -0.3 is 0 Å². The molecule has 0 N–H and O–H groups in total. The topological polar surface area (TPSA) is 51.6 Å². The minimum absolute atomic E-state index is 0.425. The summed E-state index contributed by atoms with van der Waals surface area (Å²) in [4.78, 5) is 9.44. The first-order valence-corrected chi connectivity index (χ1v) is 13.3. The maximum absolute atomic E-state index is 4.85. The van der Waals surface area contributed by atoms with E-state index < -0.39 is 0 Å². The molecule has 10 rings (SSSR count). The van der Waals surface area contributed by atoms with Gasteiger partial charge in [0, 0.05) is 24.2 Å². The van der Waals surface area contributed by atoms with Crippen LogP contribution in [0.25, 0.3) is 22.8 Å². The van der Waals surface area contributed by atoms with Crippen molar-refractivity contribution in [3.8, 4) is 22.8 Å². The van der Waals surface area contributed by atoms with Gasteiger partial charge in [0.1, 0.15) is 11.4 Å². The SMILES string of the molecule is c1ccc(-c2nnc(-c3ccccn3)c3c2C2CC3[C@H]3C4c5ccccc5C(c5ccccc54)C23)nc1. The van der Waals surface area contributed by atoms with E-state index in [2.05, 4.69) is 60.7 Å². The molecule has 3 aromatic heterocycles. The highest BCUT2D eigenvalue weighted by atomic mass is 15.1. The first-order chi connectivity index (χ1) is 18.4. The van der Waals surface area contributed by atoms with E-state index in [1.54, 1.807) is 0 Å². The Kier molecular flexibility index (Phi) is 3.88. The largest absolute Gasteiger partial charge is 0.255 e. The standard InChI is InChI=1S/C33H24N4/c1-2-10-19-18(9-1)26-20-11-3-4-12-21(20)27(19)29-23-17-22(28(26)29)30-31(23)33(25-14-6-8-16-35-25)37-36-32(30)24-13-5-7-15-34-24/h1-16,22-23,26-29H,17H2/t22?,23?,26?,27?,28-,29?/m0/s1. The highest BCUT2D eigenvalue weighted by molar-refractivity contribution is 5.74. The molecule has 0 radical (unpaired) electrons. The first kappa shape index (κ1) is 19.9. The smallest absolute Gasteiger partial charge is 0.115 e. The summed E-state index contributed by atoms with van der Waals surface area (Å²) in [6.07, 6.45) is 4.88. The molecular weight excluding hydrogens is 452 g/mol. The van der Waals surface area contributed by atoms with Crippen molar-refractivity contribution < 1.29 is 0 Å². The van der Waals surface area contributed by atoms with Gasteiger partial charge in [-0.25, -0.2) is 0 Å². The third-order valence-corrected chi connectivity index (χ3v) is 9.59. The molecule has 4 heteroatoms. The summed E-state index contributed by atoms with van der Waals surface area (Å²) in [5, 5.41) is 9.70. The van der Waals surface area contributed by atoms with Gasteiger partial charge in [0.15, 0.2) is 0 Å². The lowest BCUT2D eigenvalue weighted by atomic mass is 9.50. The van der Waals surface area contributed by atoms with Crippen molar-refractivity contribution in [1.82, 2.24) is 20.2 Å². The van der Waals surface area contributed by atoms with Gasteiger partial charge in [0.25, 0.3) is 0 Å². The lowest BCUT2D eigenvalue weighted by Gasteiger charge is -2.53. The van der Waals surface area contributed by atoms with Gasteiger partial charge in [-0.2, -0.15) is 0 Å². The minimum Gasteiger partial charge on any atom is -0.255 e. The van der Waals surface area contributed by atoms with E-state index in [0.717, 1.165) is 29.2 Å². The lowest BCUT2D eigenvalue weighted by molar-refractivity contribution is 0.226. The van der Waals surface area contributed by atoms with Crippen molar-refractivity contribution in [2.75, 3.05) is 0 Å². The summed E-state index contributed by atoms with van der Waals surface area (Å²) in [5.74, 6) is 2.86. The number of benzene rings is 2. The number of fused-ring (bicyclic) bond motifs is 5. The maximum Gasteiger partial charge on any atom is 0.115 e. The zero-order valence-corrected chi connectivity index (χ0v) is 20.2. The van der Waals surface area contributed by atoms with Crippen LogP contribution in [0, 0.1) is 11.8 Å². The molecule has 4 atom stereocenters. The molecular formula is C33H24N4. The molecule has 37 heavy (non-hydrogen) atoms. The molecule has 5 aliphatic carbocycles. The van der Waals surface area contributed by atoms with Gasteiger partial charge in [-0.05, 0) is 87.7 Å². The molecule has 1 saturated carbocycles. The first-order valence-electron chi connectivity index (χ1n) is 13.3. The summed E-state index contributed by atoms with van der Waals surface area (Å²) in [6, 6.07) is 30.6. The van der Waals surface area contributed by atoms with Crippen LogP contribution in [-0.4, -0.2) is 20.2 Å². The number of hydrogen-bond donors (Lipinski definition) is 0. The summed E-state index contributed by atoms with van der Waals surface area (Å²) < 4.78 is 0. The fraction of sp³-hybridized carbons (Fsp3) is 0.212. The third-order valence-electron chi connectivity index (χ3n) is 9.59. The summed E-state index contributed by atoms with van der Waals surface area (Å²) in [7, 11) is 0. The molecule has 1 fully saturated rings. The number of nitrogens with zero attached hydrogens (tertiary/aromatic N) is 4. The monoisotopic (exact) mass is 476 g/mol. The Balaban J connectivity index is 1.32. The van der Waals surface area contributed by atoms with E-state index in [9.17, 15) is 0 Å². The summed E-state index contributed by atoms with van der Waals surface area (Å²) in [6.45, 7) is 0. The van der Waals surface area contributed by atoms with Crippen molar-refractivity contribution in [1.29, 1.82) is 0 Å². The van der Waals surface area contributed by atoms with Crippen LogP contribution in [0.2, 0.25) is 0 Å². The Morgan fingerprint density at radius 2 is 0.892 bits per heavy atom. The van der Waals surface area contributed by atoms with E-state index in [0.29, 0.717) is 35.5 Å². The number of hydrogen-bond acceptors (Lipinski definition) is 4. The van der Waals surface area contributed by atoms with Crippen molar-refractivity contribution in [3.05, 3.63) is 131 Å². The van der Waals surface area contributed by atoms with Crippen molar-refractivity contribution in [2.45, 2.75) is 30.1 Å². The summed E-state index contributed by atoms with van der Waals surface area (Å²) >= 11 is 0. The second-order valence-corrected chi connectivity index (χ2v) is 11.0. The van der Waals surface area contributed by atoms with E-state index in [-0.39, 0.29) is 0 Å². The fourth-order valence-corrected chi connectivity index (χ4v) is 8.57. The fourth-order valence-electron chi connectivity index (χ4n) is 8.57. The van der Waals surface area contributed by atoms with Gasteiger partial charge in [0.05, 0.1) is 11.4 Å². The highest BCUT2D eigenvalue weighted by Gasteiger charge is 2.63. The van der Waals surface area contributed by atoms with E-state index in [4.69, 9.17) is 20.2 Å². The quantitative estimate of drug-likeness (QED) is 0.284. The molecule has 5 aromatic rings. The van der Waals surface area contributed by atoms with Gasteiger partial charge >= 0.3 is 0 Å². The Morgan fingerprint density at radius 1 is 0.486 bits per heavy atom. The average Bonchev–Trinajstić information content (AvgIpc) is 3.56. The normalized spacial score (nSPS) is 27.4. The predicted octanol–water partition coefficient (Wildman–Crippen LogP) is 6.71. The van der Waals surface area contributed by atoms with Crippen LogP contribution in [0.15, 0.2) is 97.3 Å². The third kappa shape index (κ3) is 2.48. The van der Waals surface area contributed by atoms with Crippen molar-refractivity contribution in [2.24, 2.45) is 11.8 Å². The molecule has 3 unspecified atom stereocenters. The van der Waals surface area contributed by atoms with Crippen LogP contribution < -0.4 is 0 Å². The van der Waals surface area contributed by atoms with Crippen molar-refractivity contribution >= 4 is 0 Å².